The second-order valence-electron chi connectivity index (χ2n) is 7.94. The van der Waals surface area contributed by atoms with Gasteiger partial charge >= 0.3 is 6.36 Å². The van der Waals surface area contributed by atoms with Crippen LogP contribution in [-0.4, -0.2) is 56.1 Å². The summed E-state index contributed by atoms with van der Waals surface area (Å²) in [6.07, 6.45) is -1.84. The Morgan fingerprint density at radius 1 is 0.938 bits per heavy atom. The third kappa shape index (κ3) is 5.07. The number of carbonyl (C=O) groups is 1. The second kappa shape index (κ2) is 8.74. The van der Waals surface area contributed by atoms with Crippen molar-refractivity contribution >= 4 is 15.9 Å². The lowest BCUT2D eigenvalue weighted by Gasteiger charge is -2.34. The van der Waals surface area contributed by atoms with Crippen molar-refractivity contribution in [3.63, 3.8) is 0 Å². The molecule has 172 valence electrons. The third-order valence-corrected chi connectivity index (χ3v) is 7.71. The van der Waals surface area contributed by atoms with Crippen LogP contribution in [0.5, 0.6) is 5.75 Å². The first-order valence-corrected chi connectivity index (χ1v) is 11.8. The van der Waals surface area contributed by atoms with Gasteiger partial charge in [-0.25, -0.2) is 8.42 Å². The molecule has 6 nitrogen and oxygen atoms in total. The molecule has 0 radical (unpaired) electrons. The van der Waals surface area contributed by atoms with E-state index >= 15 is 0 Å². The first-order chi connectivity index (χ1) is 15.1. The van der Waals surface area contributed by atoms with Crippen LogP contribution in [0.2, 0.25) is 0 Å². The molecule has 2 aliphatic rings. The number of sulfonamides is 1. The van der Waals surface area contributed by atoms with E-state index in [2.05, 4.69) is 4.74 Å². The molecule has 32 heavy (non-hydrogen) atoms. The first-order valence-electron chi connectivity index (χ1n) is 10.4. The Balaban J connectivity index is 1.33. The molecule has 1 aliphatic heterocycles. The Kier molecular flexibility index (Phi) is 6.17. The van der Waals surface area contributed by atoms with Gasteiger partial charge in [0.2, 0.25) is 15.9 Å². The fourth-order valence-electron chi connectivity index (χ4n) is 4.13. The number of hydrogen-bond acceptors (Lipinski definition) is 4. The maximum atomic E-state index is 13.0. The number of halogens is 3. The maximum absolute atomic E-state index is 13.0. The van der Waals surface area contributed by atoms with E-state index in [0.717, 1.165) is 37.0 Å². The zero-order chi connectivity index (χ0) is 22.9. The van der Waals surface area contributed by atoms with Gasteiger partial charge in [0, 0.05) is 26.2 Å². The van der Waals surface area contributed by atoms with Crippen LogP contribution in [-0.2, 0) is 34.1 Å². The van der Waals surface area contributed by atoms with Crippen LogP contribution in [0.1, 0.15) is 23.1 Å². The summed E-state index contributed by atoms with van der Waals surface area (Å²) in [6.45, 7) is 0.920. The zero-order valence-corrected chi connectivity index (χ0v) is 18.1. The van der Waals surface area contributed by atoms with Crippen LogP contribution < -0.4 is 4.74 Å². The quantitative estimate of drug-likeness (QED) is 0.676. The maximum Gasteiger partial charge on any atom is 0.573 e. The Hall–Kier alpha value is -2.59. The van der Waals surface area contributed by atoms with Gasteiger partial charge in [0.15, 0.2) is 0 Å². The van der Waals surface area contributed by atoms with Gasteiger partial charge < -0.3 is 9.64 Å². The van der Waals surface area contributed by atoms with E-state index in [1.807, 2.05) is 6.07 Å². The summed E-state index contributed by atoms with van der Waals surface area (Å²) in [6, 6.07) is 10.5. The molecule has 10 heteroatoms. The van der Waals surface area contributed by atoms with Crippen molar-refractivity contribution in [1.82, 2.24) is 9.21 Å². The van der Waals surface area contributed by atoms with Gasteiger partial charge in [-0.1, -0.05) is 18.2 Å². The summed E-state index contributed by atoms with van der Waals surface area (Å²) in [7, 11) is -3.62. The van der Waals surface area contributed by atoms with Crippen molar-refractivity contribution < 1.29 is 31.1 Å². The molecule has 4 rings (SSSR count). The molecule has 0 saturated carbocycles. The molecule has 2 aromatic rings. The summed E-state index contributed by atoms with van der Waals surface area (Å²) in [5.74, 6) is -0.553. The first kappa shape index (κ1) is 22.6. The van der Waals surface area contributed by atoms with Crippen LogP contribution in [0.4, 0.5) is 13.2 Å². The Morgan fingerprint density at radius 2 is 1.59 bits per heavy atom. The number of ether oxygens (including phenoxy) is 1. The van der Waals surface area contributed by atoms with E-state index in [1.54, 1.807) is 17.0 Å². The number of amides is 1. The average Bonchev–Trinajstić information content (AvgIpc) is 3.22. The number of alkyl halides is 3. The number of piperazine rings is 1. The van der Waals surface area contributed by atoms with Crippen LogP contribution in [0.25, 0.3) is 0 Å². The summed E-state index contributed by atoms with van der Waals surface area (Å²) in [5, 5.41) is 0. The van der Waals surface area contributed by atoms with Gasteiger partial charge in [0.05, 0.1) is 11.3 Å². The summed E-state index contributed by atoms with van der Waals surface area (Å²) >= 11 is 0. The lowest BCUT2D eigenvalue weighted by molar-refractivity contribution is -0.274. The van der Waals surface area contributed by atoms with Gasteiger partial charge in [-0.2, -0.15) is 4.31 Å². The number of rotatable bonds is 5. The van der Waals surface area contributed by atoms with E-state index in [-0.39, 0.29) is 44.3 Å². The van der Waals surface area contributed by atoms with Gasteiger partial charge in [-0.3, -0.25) is 4.79 Å². The predicted octanol–water partition coefficient (Wildman–Crippen LogP) is 3.15. The number of hydrogen-bond donors (Lipinski definition) is 0. The lowest BCUT2D eigenvalue weighted by atomic mass is 10.1. The Morgan fingerprint density at radius 3 is 2.25 bits per heavy atom. The standard InChI is InChI=1S/C22H23F3N2O4S/c23-22(24,25)31-19-7-4-16(5-8-19)14-21(28)26-10-12-27(13-11-26)32(29,30)20-9-6-17-2-1-3-18(17)15-20/h4-9,15H,1-3,10-14H2. The highest BCUT2D eigenvalue weighted by Gasteiger charge is 2.32. The molecule has 2 aromatic carbocycles. The highest BCUT2D eigenvalue weighted by Crippen LogP contribution is 2.27. The molecular weight excluding hydrogens is 445 g/mol. The normalized spacial score (nSPS) is 17.3. The van der Waals surface area contributed by atoms with Gasteiger partial charge in [0.1, 0.15) is 5.75 Å². The van der Waals surface area contributed by atoms with E-state index in [0.29, 0.717) is 10.5 Å². The fraction of sp³-hybridized carbons (Fsp3) is 0.409. The van der Waals surface area contributed by atoms with Gasteiger partial charge in [0.25, 0.3) is 0 Å². The minimum atomic E-state index is -4.77. The molecule has 0 N–H and O–H groups in total. The minimum Gasteiger partial charge on any atom is -0.406 e. The van der Waals surface area contributed by atoms with Crippen molar-refractivity contribution in [3.05, 3.63) is 59.2 Å². The number of fused-ring (bicyclic) bond motifs is 1. The van der Waals surface area contributed by atoms with Crippen LogP contribution in [0, 0.1) is 0 Å². The monoisotopic (exact) mass is 468 g/mol. The van der Waals surface area contributed by atoms with Gasteiger partial charge in [-0.05, 0) is 60.2 Å². The molecule has 0 bridgehead atoms. The van der Waals surface area contributed by atoms with Gasteiger partial charge in [-0.15, -0.1) is 13.2 Å². The molecule has 1 saturated heterocycles. The summed E-state index contributed by atoms with van der Waals surface area (Å²) in [5.41, 5.74) is 2.85. The highest BCUT2D eigenvalue weighted by atomic mass is 32.2. The third-order valence-electron chi connectivity index (χ3n) is 5.81. The van der Waals surface area contributed by atoms with E-state index in [9.17, 15) is 26.4 Å². The van der Waals surface area contributed by atoms with Crippen LogP contribution >= 0.6 is 0 Å². The molecule has 0 aromatic heterocycles. The molecule has 1 fully saturated rings. The Bertz CT molecular complexity index is 1090. The van der Waals surface area contributed by atoms with Crippen molar-refractivity contribution in [2.24, 2.45) is 0 Å². The molecule has 0 unspecified atom stereocenters. The van der Waals surface area contributed by atoms with E-state index in [1.165, 1.54) is 22.0 Å². The number of nitrogens with zero attached hydrogens (tertiary/aromatic N) is 2. The summed E-state index contributed by atoms with van der Waals surface area (Å²) < 4.78 is 68.0. The predicted molar refractivity (Wildman–Crippen MR) is 111 cm³/mol. The number of benzene rings is 2. The molecule has 0 atom stereocenters. The molecule has 1 heterocycles. The molecule has 0 spiro atoms. The van der Waals surface area contributed by atoms with Crippen molar-refractivity contribution in [1.29, 1.82) is 0 Å². The van der Waals surface area contributed by atoms with Crippen LogP contribution in [0.3, 0.4) is 0 Å². The smallest absolute Gasteiger partial charge is 0.406 e. The molecular formula is C22H23F3N2O4S. The largest absolute Gasteiger partial charge is 0.573 e. The highest BCUT2D eigenvalue weighted by molar-refractivity contribution is 7.89. The lowest BCUT2D eigenvalue weighted by Crippen LogP contribution is -2.50. The zero-order valence-electron chi connectivity index (χ0n) is 17.3. The molecule has 1 amide bonds. The van der Waals surface area contributed by atoms with Crippen molar-refractivity contribution in [2.45, 2.75) is 36.9 Å². The van der Waals surface area contributed by atoms with Crippen molar-refractivity contribution in [2.75, 3.05) is 26.2 Å². The number of aryl methyl sites for hydroxylation is 2. The average molecular weight is 468 g/mol. The van der Waals surface area contributed by atoms with E-state index in [4.69, 9.17) is 0 Å². The van der Waals surface area contributed by atoms with Crippen molar-refractivity contribution in [3.8, 4) is 5.75 Å². The number of carbonyl (C=O) groups excluding carboxylic acids is 1. The minimum absolute atomic E-state index is 0.0177. The SMILES string of the molecule is O=C(Cc1ccc(OC(F)(F)F)cc1)N1CCN(S(=O)(=O)c2ccc3c(c2)CCC3)CC1. The molecule has 1 aliphatic carbocycles. The Labute approximate surface area is 184 Å². The topological polar surface area (TPSA) is 66.9 Å². The van der Waals surface area contributed by atoms with E-state index < -0.39 is 16.4 Å². The summed E-state index contributed by atoms with van der Waals surface area (Å²) in [4.78, 5) is 14.5. The fourth-order valence-corrected chi connectivity index (χ4v) is 5.60. The second-order valence-corrected chi connectivity index (χ2v) is 9.88. The van der Waals surface area contributed by atoms with Crippen LogP contribution in [0.15, 0.2) is 47.4 Å².